The van der Waals surface area contributed by atoms with E-state index >= 15 is 0 Å². The van der Waals surface area contributed by atoms with E-state index in [9.17, 15) is 13.2 Å². The number of hydrogen-bond donors (Lipinski definition) is 2. The predicted octanol–water partition coefficient (Wildman–Crippen LogP) is 0.905. The number of aromatic carboxylic acids is 1. The van der Waals surface area contributed by atoms with Gasteiger partial charge in [-0.25, -0.2) is 13.9 Å². The number of aromatic nitrogens is 1. The highest BCUT2D eigenvalue weighted by molar-refractivity contribution is 7.87. The lowest BCUT2D eigenvalue weighted by Gasteiger charge is -2.05. The Bertz CT molecular complexity index is 689. The average molecular weight is 266 g/mol. The predicted molar refractivity (Wildman–Crippen MR) is 65.3 cm³/mol. The van der Waals surface area contributed by atoms with Crippen LogP contribution in [0.4, 0.5) is 0 Å². The van der Waals surface area contributed by atoms with E-state index in [-0.39, 0.29) is 5.69 Å². The first kappa shape index (κ1) is 12.3. The number of nitrogens with zero attached hydrogens (tertiary/aromatic N) is 1. The summed E-state index contributed by atoms with van der Waals surface area (Å²) < 4.78 is 23.1. The molecule has 0 atom stereocenters. The van der Waals surface area contributed by atoms with E-state index in [2.05, 4.69) is 0 Å². The molecule has 2 rings (SSSR count). The molecule has 0 spiro atoms. The molecule has 0 unspecified atom stereocenters. The van der Waals surface area contributed by atoms with Crippen molar-refractivity contribution < 1.29 is 18.3 Å². The largest absolute Gasteiger partial charge is 0.477 e. The van der Waals surface area contributed by atoms with Gasteiger partial charge in [0.15, 0.2) is 5.69 Å². The number of carboxylic acids is 1. The summed E-state index contributed by atoms with van der Waals surface area (Å²) in [7, 11) is -4.13. The third-order valence-electron chi connectivity index (χ3n) is 2.41. The molecule has 0 aliphatic heterocycles. The first-order valence-electron chi connectivity index (χ1n) is 4.94. The summed E-state index contributed by atoms with van der Waals surface area (Å²) in [5.41, 5.74) is 0.540. The molecule has 6 nitrogen and oxygen atoms in total. The van der Waals surface area contributed by atoms with Crippen LogP contribution in [0.15, 0.2) is 42.6 Å². The zero-order chi connectivity index (χ0) is 13.3. The SMILES string of the molecule is NS(=O)(=O)n1ccc(-c2ccccc2)c1C(=O)O. The number of rotatable bonds is 3. The summed E-state index contributed by atoms with van der Waals surface area (Å²) in [5, 5.41) is 14.1. The summed E-state index contributed by atoms with van der Waals surface area (Å²) >= 11 is 0. The smallest absolute Gasteiger partial charge is 0.354 e. The van der Waals surface area contributed by atoms with Crippen LogP contribution < -0.4 is 5.14 Å². The Kier molecular flexibility index (Phi) is 2.93. The topological polar surface area (TPSA) is 102 Å². The highest BCUT2D eigenvalue weighted by atomic mass is 32.2. The van der Waals surface area contributed by atoms with E-state index in [0.717, 1.165) is 6.20 Å². The second-order valence-electron chi connectivity index (χ2n) is 3.59. The fraction of sp³-hybridized carbons (Fsp3) is 0. The van der Waals surface area contributed by atoms with E-state index in [4.69, 9.17) is 10.2 Å². The number of hydrogen-bond acceptors (Lipinski definition) is 3. The Balaban J connectivity index is 2.72. The van der Waals surface area contributed by atoms with Gasteiger partial charge in [-0.2, -0.15) is 8.42 Å². The van der Waals surface area contributed by atoms with Crippen molar-refractivity contribution in [1.29, 1.82) is 0 Å². The molecule has 18 heavy (non-hydrogen) atoms. The molecule has 0 saturated carbocycles. The van der Waals surface area contributed by atoms with Crippen molar-refractivity contribution in [2.45, 2.75) is 0 Å². The average Bonchev–Trinajstić information content (AvgIpc) is 2.74. The molecule has 2 aromatic rings. The van der Waals surface area contributed by atoms with Crippen molar-refractivity contribution in [1.82, 2.24) is 3.97 Å². The van der Waals surface area contributed by atoms with Crippen molar-refractivity contribution in [3.8, 4) is 11.1 Å². The molecule has 0 fully saturated rings. The summed E-state index contributed by atoms with van der Waals surface area (Å²) in [6.45, 7) is 0. The monoisotopic (exact) mass is 266 g/mol. The molecule has 1 aromatic heterocycles. The van der Waals surface area contributed by atoms with Gasteiger partial charge < -0.3 is 5.11 Å². The first-order valence-corrected chi connectivity index (χ1v) is 6.45. The second kappa shape index (κ2) is 4.28. The lowest BCUT2D eigenvalue weighted by Crippen LogP contribution is -2.24. The molecule has 1 heterocycles. The van der Waals surface area contributed by atoms with Gasteiger partial charge in [0.25, 0.3) is 0 Å². The maximum absolute atomic E-state index is 11.3. The second-order valence-corrected chi connectivity index (χ2v) is 5.01. The van der Waals surface area contributed by atoms with Crippen LogP contribution in [0.3, 0.4) is 0 Å². The molecule has 0 aliphatic carbocycles. The molecular weight excluding hydrogens is 256 g/mol. The lowest BCUT2D eigenvalue weighted by molar-refractivity contribution is 0.0690. The van der Waals surface area contributed by atoms with Crippen LogP contribution >= 0.6 is 0 Å². The fourth-order valence-electron chi connectivity index (χ4n) is 1.69. The molecule has 1 aromatic carbocycles. The minimum absolute atomic E-state index is 0.303. The molecule has 0 aliphatic rings. The minimum atomic E-state index is -4.13. The number of carboxylic acid groups (broad SMARTS) is 1. The van der Waals surface area contributed by atoms with E-state index in [1.807, 2.05) is 0 Å². The van der Waals surface area contributed by atoms with Gasteiger partial charge >= 0.3 is 16.2 Å². The Morgan fingerprint density at radius 3 is 2.28 bits per heavy atom. The van der Waals surface area contributed by atoms with Crippen molar-refractivity contribution in [2.75, 3.05) is 0 Å². The third-order valence-corrected chi connectivity index (χ3v) is 3.27. The van der Waals surface area contributed by atoms with Gasteiger partial charge in [0.2, 0.25) is 0 Å². The van der Waals surface area contributed by atoms with Gasteiger partial charge in [-0.1, -0.05) is 30.3 Å². The van der Waals surface area contributed by atoms with Gasteiger partial charge in [-0.15, -0.1) is 0 Å². The Labute approximate surface area is 103 Å². The zero-order valence-corrected chi connectivity index (χ0v) is 9.96. The summed E-state index contributed by atoms with van der Waals surface area (Å²) in [4.78, 5) is 11.2. The molecule has 0 amide bonds. The summed E-state index contributed by atoms with van der Waals surface area (Å²) in [6, 6.07) is 10.0. The number of carbonyl (C=O) groups is 1. The number of nitrogens with two attached hydrogens (primary N) is 1. The molecule has 94 valence electrons. The van der Waals surface area contributed by atoms with Crippen molar-refractivity contribution in [2.24, 2.45) is 5.14 Å². The number of benzene rings is 1. The quantitative estimate of drug-likeness (QED) is 0.861. The van der Waals surface area contributed by atoms with Crippen LogP contribution in [0, 0.1) is 0 Å². The Morgan fingerprint density at radius 2 is 1.78 bits per heavy atom. The van der Waals surface area contributed by atoms with Gasteiger partial charge in [-0.3, -0.25) is 0 Å². The van der Waals surface area contributed by atoms with E-state index in [0.29, 0.717) is 15.1 Å². The molecule has 0 saturated heterocycles. The normalized spacial score (nSPS) is 11.4. The fourth-order valence-corrected chi connectivity index (χ4v) is 2.35. The lowest BCUT2D eigenvalue weighted by atomic mass is 10.1. The van der Waals surface area contributed by atoms with Crippen molar-refractivity contribution in [3.05, 3.63) is 48.3 Å². The van der Waals surface area contributed by atoms with E-state index in [1.165, 1.54) is 6.07 Å². The Hall–Kier alpha value is -2.12. The highest BCUT2D eigenvalue weighted by Crippen LogP contribution is 2.25. The molecule has 3 N–H and O–H groups in total. The first-order chi connectivity index (χ1) is 8.41. The van der Waals surface area contributed by atoms with Gasteiger partial charge in [0.1, 0.15) is 0 Å². The van der Waals surface area contributed by atoms with Crippen LogP contribution in [-0.2, 0) is 10.2 Å². The third kappa shape index (κ3) is 2.13. The minimum Gasteiger partial charge on any atom is -0.477 e. The van der Waals surface area contributed by atoms with Crippen molar-refractivity contribution >= 4 is 16.2 Å². The molecule has 0 radical (unpaired) electrons. The zero-order valence-electron chi connectivity index (χ0n) is 9.15. The molecular formula is C11H10N2O4S. The molecule has 7 heteroatoms. The van der Waals surface area contributed by atoms with Crippen molar-refractivity contribution in [3.63, 3.8) is 0 Å². The molecule has 0 bridgehead atoms. The van der Waals surface area contributed by atoms with Crippen LogP contribution in [0.5, 0.6) is 0 Å². The van der Waals surface area contributed by atoms with Gasteiger partial charge in [0.05, 0.1) is 0 Å². The highest BCUT2D eigenvalue weighted by Gasteiger charge is 2.22. The van der Waals surface area contributed by atoms with Crippen LogP contribution in [0.2, 0.25) is 0 Å². The standard InChI is InChI=1S/C11H10N2O4S/c12-18(16,17)13-7-6-9(10(13)11(14)15)8-4-2-1-3-5-8/h1-7H,(H,14,15)(H2,12,16,17). The summed E-state index contributed by atoms with van der Waals surface area (Å²) in [6.07, 6.45) is 1.13. The van der Waals surface area contributed by atoms with Gasteiger partial charge in [-0.05, 0) is 11.6 Å². The Morgan fingerprint density at radius 1 is 1.17 bits per heavy atom. The van der Waals surface area contributed by atoms with Crippen LogP contribution in [0.1, 0.15) is 10.5 Å². The van der Waals surface area contributed by atoms with Crippen LogP contribution in [-0.4, -0.2) is 23.5 Å². The van der Waals surface area contributed by atoms with E-state index in [1.54, 1.807) is 30.3 Å². The van der Waals surface area contributed by atoms with Gasteiger partial charge in [0, 0.05) is 11.8 Å². The summed E-state index contributed by atoms with van der Waals surface area (Å²) in [5.74, 6) is -1.35. The van der Waals surface area contributed by atoms with Crippen LogP contribution in [0.25, 0.3) is 11.1 Å². The van der Waals surface area contributed by atoms with E-state index < -0.39 is 16.2 Å². The maximum atomic E-state index is 11.3. The maximum Gasteiger partial charge on any atom is 0.354 e.